The van der Waals surface area contributed by atoms with Crippen LogP contribution < -0.4 is 0 Å². The Morgan fingerprint density at radius 1 is 0.917 bits per heavy atom. The van der Waals surface area contributed by atoms with Gasteiger partial charge in [-0.25, -0.2) is 0 Å². The maximum Gasteiger partial charge on any atom is 0.306 e. The normalized spacial score (nSPS) is 12.6. The van der Waals surface area contributed by atoms with Crippen LogP contribution in [-0.2, 0) is 11.2 Å². The average Bonchev–Trinajstić information content (AvgIpc) is 2.54. The predicted octanol–water partition coefficient (Wildman–Crippen LogP) is 5.86. The average molecular weight is 324 g/mol. The van der Waals surface area contributed by atoms with Crippen molar-refractivity contribution in [2.75, 3.05) is 0 Å². The summed E-state index contributed by atoms with van der Waals surface area (Å²) >= 11 is 0. The second kappa shape index (κ2) is 7.65. The van der Waals surface area contributed by atoms with Gasteiger partial charge in [-0.2, -0.15) is 0 Å². The molecule has 1 unspecified atom stereocenters. The van der Waals surface area contributed by atoms with Crippen molar-refractivity contribution in [3.8, 4) is 11.1 Å². The maximum atomic E-state index is 11.2. The molecule has 0 aromatic heterocycles. The molecule has 2 heteroatoms. The van der Waals surface area contributed by atoms with Gasteiger partial charge in [0.15, 0.2) is 0 Å². The number of hydrogen-bond donors (Lipinski definition) is 1. The smallest absolute Gasteiger partial charge is 0.306 e. The lowest BCUT2D eigenvalue weighted by Crippen LogP contribution is -2.13. The van der Waals surface area contributed by atoms with Gasteiger partial charge in [0, 0.05) is 0 Å². The van der Waals surface area contributed by atoms with Crippen molar-refractivity contribution in [3.63, 3.8) is 0 Å². The van der Waals surface area contributed by atoms with Gasteiger partial charge in [0.1, 0.15) is 0 Å². The number of aliphatic carboxylic acids is 1. The third-order valence-electron chi connectivity index (χ3n) is 4.62. The first-order valence-corrected chi connectivity index (χ1v) is 8.76. The first kappa shape index (κ1) is 18.3. The van der Waals surface area contributed by atoms with E-state index in [1.165, 1.54) is 16.7 Å². The minimum atomic E-state index is -0.746. The number of carboxylic acids is 1. The van der Waals surface area contributed by atoms with E-state index >= 15 is 0 Å². The van der Waals surface area contributed by atoms with Crippen LogP contribution in [0.4, 0.5) is 0 Å². The fourth-order valence-electron chi connectivity index (χ4n) is 3.04. The zero-order chi connectivity index (χ0) is 17.9. The molecule has 2 aromatic carbocycles. The van der Waals surface area contributed by atoms with Gasteiger partial charge >= 0.3 is 5.97 Å². The molecule has 0 amide bonds. The summed E-state index contributed by atoms with van der Waals surface area (Å²) < 4.78 is 0. The standard InChI is InChI=1S/C22H28O2/c1-14(2)17-10-11-20(21(13-17)15(3)4)19-9-7-6-8-18(19)12-16(5)22(23)24/h6-11,13-16H,12H2,1-5H3,(H,23,24). The minimum absolute atomic E-state index is 0.386. The van der Waals surface area contributed by atoms with E-state index in [1.807, 2.05) is 12.1 Å². The maximum absolute atomic E-state index is 11.2. The van der Waals surface area contributed by atoms with E-state index in [0.717, 1.165) is 11.1 Å². The summed E-state index contributed by atoms with van der Waals surface area (Å²) in [5, 5.41) is 9.25. The van der Waals surface area contributed by atoms with Crippen molar-refractivity contribution in [3.05, 3.63) is 59.2 Å². The van der Waals surface area contributed by atoms with E-state index in [0.29, 0.717) is 18.3 Å². The molecule has 24 heavy (non-hydrogen) atoms. The molecule has 0 bridgehead atoms. The Kier molecular flexibility index (Phi) is 5.82. The summed E-state index contributed by atoms with van der Waals surface area (Å²) in [6, 6.07) is 14.9. The lowest BCUT2D eigenvalue weighted by molar-refractivity contribution is -0.141. The van der Waals surface area contributed by atoms with Crippen LogP contribution in [0.25, 0.3) is 11.1 Å². The zero-order valence-corrected chi connectivity index (χ0v) is 15.3. The lowest BCUT2D eigenvalue weighted by atomic mass is 9.85. The van der Waals surface area contributed by atoms with Crippen LogP contribution in [0.1, 0.15) is 63.1 Å². The number of rotatable bonds is 6. The van der Waals surface area contributed by atoms with Crippen LogP contribution in [0.5, 0.6) is 0 Å². The molecule has 0 spiro atoms. The Bertz CT molecular complexity index is 714. The molecule has 1 N–H and O–H groups in total. The van der Waals surface area contributed by atoms with Gasteiger partial charge < -0.3 is 5.11 Å². The molecule has 2 aromatic rings. The number of carboxylic acid groups (broad SMARTS) is 1. The van der Waals surface area contributed by atoms with Crippen molar-refractivity contribution in [2.45, 2.75) is 52.9 Å². The van der Waals surface area contributed by atoms with Gasteiger partial charge in [-0.05, 0) is 46.1 Å². The van der Waals surface area contributed by atoms with E-state index in [2.05, 4.69) is 58.0 Å². The zero-order valence-electron chi connectivity index (χ0n) is 15.3. The van der Waals surface area contributed by atoms with E-state index < -0.39 is 5.97 Å². The van der Waals surface area contributed by atoms with Crippen LogP contribution in [-0.4, -0.2) is 11.1 Å². The third-order valence-corrected chi connectivity index (χ3v) is 4.62. The Hall–Kier alpha value is -2.09. The molecule has 128 valence electrons. The molecule has 1 atom stereocenters. The quantitative estimate of drug-likeness (QED) is 0.722. The van der Waals surface area contributed by atoms with Gasteiger partial charge in [-0.3, -0.25) is 4.79 Å². The minimum Gasteiger partial charge on any atom is -0.481 e. The van der Waals surface area contributed by atoms with E-state index in [-0.39, 0.29) is 5.92 Å². The summed E-state index contributed by atoms with van der Waals surface area (Å²) in [7, 11) is 0. The summed E-state index contributed by atoms with van der Waals surface area (Å²) in [6.07, 6.45) is 0.551. The molecule has 0 heterocycles. The van der Waals surface area contributed by atoms with Gasteiger partial charge in [0.05, 0.1) is 5.92 Å². The second-order valence-corrected chi connectivity index (χ2v) is 7.26. The number of carbonyl (C=O) groups is 1. The van der Waals surface area contributed by atoms with Gasteiger partial charge in [-0.15, -0.1) is 0 Å². The molecule has 0 aliphatic carbocycles. The monoisotopic (exact) mass is 324 g/mol. The Balaban J connectivity index is 2.54. The Labute approximate surface area is 145 Å². The highest BCUT2D eigenvalue weighted by atomic mass is 16.4. The van der Waals surface area contributed by atoms with Crippen molar-refractivity contribution in [1.29, 1.82) is 0 Å². The molecule has 0 aliphatic heterocycles. The van der Waals surface area contributed by atoms with Crippen LogP contribution in [0.3, 0.4) is 0 Å². The summed E-state index contributed by atoms with van der Waals surface area (Å²) in [5.41, 5.74) is 6.16. The van der Waals surface area contributed by atoms with Crippen LogP contribution in [0, 0.1) is 5.92 Å². The molecule has 0 saturated carbocycles. The highest BCUT2D eigenvalue weighted by molar-refractivity contribution is 5.74. The molecule has 0 saturated heterocycles. The third kappa shape index (κ3) is 4.05. The van der Waals surface area contributed by atoms with Crippen LogP contribution in [0.15, 0.2) is 42.5 Å². The fourth-order valence-corrected chi connectivity index (χ4v) is 3.04. The molecular weight excluding hydrogens is 296 g/mol. The SMILES string of the molecule is CC(Cc1ccccc1-c1ccc(C(C)C)cc1C(C)C)C(=O)O. The van der Waals surface area contributed by atoms with Crippen LogP contribution in [0.2, 0.25) is 0 Å². The van der Waals surface area contributed by atoms with Gasteiger partial charge in [0.2, 0.25) is 0 Å². The Morgan fingerprint density at radius 3 is 2.17 bits per heavy atom. The van der Waals surface area contributed by atoms with Crippen molar-refractivity contribution < 1.29 is 9.90 Å². The second-order valence-electron chi connectivity index (χ2n) is 7.26. The first-order chi connectivity index (χ1) is 11.3. The Morgan fingerprint density at radius 2 is 1.58 bits per heavy atom. The highest BCUT2D eigenvalue weighted by Gasteiger charge is 2.17. The lowest BCUT2D eigenvalue weighted by Gasteiger charge is -2.19. The molecule has 0 fully saturated rings. The highest BCUT2D eigenvalue weighted by Crippen LogP contribution is 2.34. The van der Waals surface area contributed by atoms with Crippen molar-refractivity contribution in [1.82, 2.24) is 0 Å². The molecule has 0 radical (unpaired) electrons. The summed E-state index contributed by atoms with van der Waals surface area (Å²) in [5.74, 6) is -0.213. The topological polar surface area (TPSA) is 37.3 Å². The van der Waals surface area contributed by atoms with Gasteiger partial charge in [-0.1, -0.05) is 77.1 Å². The molecule has 2 nitrogen and oxygen atoms in total. The largest absolute Gasteiger partial charge is 0.481 e. The first-order valence-electron chi connectivity index (χ1n) is 8.76. The number of hydrogen-bond acceptors (Lipinski definition) is 1. The van der Waals surface area contributed by atoms with Crippen LogP contribution >= 0.6 is 0 Å². The predicted molar refractivity (Wildman–Crippen MR) is 101 cm³/mol. The molecule has 2 rings (SSSR count). The number of benzene rings is 2. The van der Waals surface area contributed by atoms with Crippen molar-refractivity contribution in [2.24, 2.45) is 5.92 Å². The summed E-state index contributed by atoms with van der Waals surface area (Å²) in [6.45, 7) is 10.6. The van der Waals surface area contributed by atoms with E-state index in [9.17, 15) is 9.90 Å². The van der Waals surface area contributed by atoms with E-state index in [4.69, 9.17) is 0 Å². The summed E-state index contributed by atoms with van der Waals surface area (Å²) in [4.78, 5) is 11.2. The molecular formula is C22H28O2. The van der Waals surface area contributed by atoms with Crippen molar-refractivity contribution >= 4 is 5.97 Å². The van der Waals surface area contributed by atoms with Gasteiger partial charge in [0.25, 0.3) is 0 Å². The van der Waals surface area contributed by atoms with E-state index in [1.54, 1.807) is 6.92 Å². The fraction of sp³-hybridized carbons (Fsp3) is 0.409. The molecule has 0 aliphatic rings.